The van der Waals surface area contributed by atoms with Crippen molar-refractivity contribution in [3.05, 3.63) is 53.6 Å². The van der Waals surface area contributed by atoms with Crippen molar-refractivity contribution in [2.24, 2.45) is 0 Å². The van der Waals surface area contributed by atoms with Gasteiger partial charge in [0.2, 0.25) is 0 Å². The van der Waals surface area contributed by atoms with Crippen LogP contribution in [0.5, 0.6) is 17.2 Å². The fourth-order valence-corrected chi connectivity index (χ4v) is 3.01. The zero-order valence-electron chi connectivity index (χ0n) is 16.3. The molecule has 9 nitrogen and oxygen atoms in total. The van der Waals surface area contributed by atoms with Gasteiger partial charge in [0.25, 0.3) is 5.91 Å². The van der Waals surface area contributed by atoms with E-state index >= 15 is 0 Å². The largest absolute Gasteiger partial charge is 0.496 e. The van der Waals surface area contributed by atoms with E-state index in [1.807, 2.05) is 0 Å². The molecule has 29 heavy (non-hydrogen) atoms. The maximum Gasteiger partial charge on any atom is 0.328 e. The van der Waals surface area contributed by atoms with Crippen molar-refractivity contribution in [3.8, 4) is 17.2 Å². The van der Waals surface area contributed by atoms with Gasteiger partial charge in [0.15, 0.2) is 11.5 Å². The van der Waals surface area contributed by atoms with Crippen LogP contribution in [-0.2, 0) is 17.7 Å². The topological polar surface area (TPSA) is 115 Å². The zero-order chi connectivity index (χ0) is 21.2. The lowest BCUT2D eigenvalue weighted by Crippen LogP contribution is -2.35. The molecule has 0 radical (unpaired) electrons. The summed E-state index contributed by atoms with van der Waals surface area (Å²) in [6.45, 7) is 0.363. The van der Waals surface area contributed by atoms with Gasteiger partial charge in [0.1, 0.15) is 5.75 Å². The van der Waals surface area contributed by atoms with Crippen LogP contribution in [-0.4, -0.2) is 44.0 Å². The summed E-state index contributed by atoms with van der Waals surface area (Å²) in [5.41, 5.74) is 1.27. The zero-order valence-corrected chi connectivity index (χ0v) is 17.1. The van der Waals surface area contributed by atoms with E-state index in [1.54, 1.807) is 42.5 Å². The molecular formula is C19H23N3O6S. The molecule has 0 aliphatic rings. The van der Waals surface area contributed by atoms with Crippen LogP contribution in [0.3, 0.4) is 0 Å². The molecule has 3 N–H and O–H groups in total. The molecule has 2 aromatic rings. The Balaban J connectivity index is 1.99. The highest BCUT2D eigenvalue weighted by atomic mass is 32.2. The third-order valence-electron chi connectivity index (χ3n) is 3.85. The standard InChI is InChI=1S/C19H23N3O6S/c1-20-19(24)22-29(25)28-17-12-13(8-9-16(17)27-3)10-11-21-18(23)14-6-4-5-7-15(14)26-2/h4-9,12H,10-11H2,1-3H3,(H,21,23)(H2,20,22,24). The molecule has 0 saturated heterocycles. The summed E-state index contributed by atoms with van der Waals surface area (Å²) in [7, 11) is 4.35. The molecule has 0 saturated carbocycles. The minimum atomic E-state index is -2.09. The average Bonchev–Trinajstić information content (AvgIpc) is 2.73. The summed E-state index contributed by atoms with van der Waals surface area (Å²) < 4.78 is 29.6. The van der Waals surface area contributed by atoms with E-state index in [-0.39, 0.29) is 11.7 Å². The molecule has 1 unspecified atom stereocenters. The first kappa shape index (κ1) is 22.0. The normalized spacial score (nSPS) is 11.1. The molecule has 0 fully saturated rings. The van der Waals surface area contributed by atoms with E-state index in [0.717, 1.165) is 5.56 Å². The lowest BCUT2D eigenvalue weighted by atomic mass is 10.1. The van der Waals surface area contributed by atoms with Gasteiger partial charge in [0.05, 0.1) is 19.8 Å². The number of benzene rings is 2. The Bertz CT molecular complexity index is 890. The fourth-order valence-electron chi connectivity index (χ4n) is 2.42. The summed E-state index contributed by atoms with van der Waals surface area (Å²) >= 11 is -2.09. The quantitative estimate of drug-likeness (QED) is 0.566. The lowest BCUT2D eigenvalue weighted by molar-refractivity contribution is 0.0951. The van der Waals surface area contributed by atoms with Crippen LogP contribution in [0.1, 0.15) is 15.9 Å². The molecule has 1 atom stereocenters. The number of para-hydroxylation sites is 1. The minimum absolute atomic E-state index is 0.204. The van der Waals surface area contributed by atoms with Crippen LogP contribution >= 0.6 is 0 Å². The maximum absolute atomic E-state index is 12.3. The SMILES string of the molecule is CNC(=O)NS(=O)Oc1cc(CCNC(=O)c2ccccc2OC)ccc1OC. The van der Waals surface area contributed by atoms with Gasteiger partial charge in [-0.3, -0.25) is 4.79 Å². The Hall–Kier alpha value is -3.27. The highest BCUT2D eigenvalue weighted by molar-refractivity contribution is 7.79. The summed E-state index contributed by atoms with van der Waals surface area (Å²) in [6, 6.07) is 11.4. The number of carbonyl (C=O) groups excluding carboxylic acids is 2. The average molecular weight is 421 g/mol. The second-order valence-corrected chi connectivity index (χ2v) is 6.53. The Morgan fingerprint density at radius 2 is 1.72 bits per heavy atom. The predicted octanol–water partition coefficient (Wildman–Crippen LogP) is 1.56. The number of carbonyl (C=O) groups is 2. The number of rotatable bonds is 9. The number of hydrogen-bond donors (Lipinski definition) is 3. The summed E-state index contributed by atoms with van der Waals surface area (Å²) in [4.78, 5) is 23.6. The molecular weight excluding hydrogens is 398 g/mol. The van der Waals surface area contributed by atoms with Gasteiger partial charge in [-0.15, -0.1) is 0 Å². The minimum Gasteiger partial charge on any atom is -0.496 e. The third-order valence-corrected chi connectivity index (χ3v) is 4.53. The lowest BCUT2D eigenvalue weighted by Gasteiger charge is -2.12. The van der Waals surface area contributed by atoms with Gasteiger partial charge in [0, 0.05) is 13.6 Å². The molecule has 0 spiro atoms. The number of hydrogen-bond acceptors (Lipinski definition) is 6. The highest BCUT2D eigenvalue weighted by Gasteiger charge is 2.13. The van der Waals surface area contributed by atoms with Gasteiger partial charge in [-0.05, 0) is 36.2 Å². The summed E-state index contributed by atoms with van der Waals surface area (Å²) in [5.74, 6) is 0.814. The Morgan fingerprint density at radius 3 is 2.41 bits per heavy atom. The Kier molecular flexibility index (Phi) is 8.28. The van der Waals surface area contributed by atoms with Gasteiger partial charge in [-0.1, -0.05) is 18.2 Å². The van der Waals surface area contributed by atoms with Crippen LogP contribution in [0.4, 0.5) is 4.79 Å². The molecule has 156 valence electrons. The Morgan fingerprint density at radius 1 is 1.00 bits per heavy atom. The molecule has 2 aromatic carbocycles. The highest BCUT2D eigenvalue weighted by Crippen LogP contribution is 2.28. The number of urea groups is 1. The summed E-state index contributed by atoms with van der Waals surface area (Å²) in [6.07, 6.45) is 0.497. The molecule has 3 amide bonds. The van der Waals surface area contributed by atoms with E-state index in [1.165, 1.54) is 21.3 Å². The van der Waals surface area contributed by atoms with Crippen LogP contribution < -0.4 is 29.0 Å². The van der Waals surface area contributed by atoms with Crippen molar-refractivity contribution in [1.29, 1.82) is 0 Å². The van der Waals surface area contributed by atoms with Crippen LogP contribution in [0.2, 0.25) is 0 Å². The number of nitrogens with one attached hydrogen (secondary N) is 3. The molecule has 0 aliphatic carbocycles. The van der Waals surface area contributed by atoms with Crippen LogP contribution in [0.25, 0.3) is 0 Å². The molecule has 0 heterocycles. The van der Waals surface area contributed by atoms with Gasteiger partial charge in [-0.25, -0.2) is 9.52 Å². The number of methoxy groups -OCH3 is 2. The van der Waals surface area contributed by atoms with E-state index in [2.05, 4.69) is 15.4 Å². The first-order chi connectivity index (χ1) is 14.0. The monoisotopic (exact) mass is 421 g/mol. The first-order valence-electron chi connectivity index (χ1n) is 8.65. The van der Waals surface area contributed by atoms with Gasteiger partial charge in [-0.2, -0.15) is 4.21 Å². The second kappa shape index (κ2) is 10.9. The van der Waals surface area contributed by atoms with Crippen molar-refractivity contribution in [2.45, 2.75) is 6.42 Å². The summed E-state index contributed by atoms with van der Waals surface area (Å²) in [5, 5.41) is 5.11. The van der Waals surface area contributed by atoms with Gasteiger partial charge < -0.3 is 24.3 Å². The number of ether oxygens (including phenoxy) is 2. The first-order valence-corrected chi connectivity index (χ1v) is 9.72. The van der Waals surface area contributed by atoms with E-state index in [9.17, 15) is 13.8 Å². The van der Waals surface area contributed by atoms with Gasteiger partial charge >= 0.3 is 17.3 Å². The van der Waals surface area contributed by atoms with E-state index in [0.29, 0.717) is 30.0 Å². The Labute approximate surface area is 171 Å². The molecule has 2 rings (SSSR count). The van der Waals surface area contributed by atoms with Crippen molar-refractivity contribution in [1.82, 2.24) is 15.4 Å². The third kappa shape index (κ3) is 6.39. The molecule has 0 bridgehead atoms. The van der Waals surface area contributed by atoms with Crippen LogP contribution in [0.15, 0.2) is 42.5 Å². The number of amides is 3. The molecule has 0 aromatic heterocycles. The van der Waals surface area contributed by atoms with Crippen molar-refractivity contribution in [2.75, 3.05) is 27.8 Å². The fraction of sp³-hybridized carbons (Fsp3) is 0.263. The van der Waals surface area contributed by atoms with Crippen molar-refractivity contribution < 1.29 is 27.5 Å². The van der Waals surface area contributed by atoms with E-state index < -0.39 is 17.3 Å². The second-order valence-electron chi connectivity index (χ2n) is 5.69. The van der Waals surface area contributed by atoms with Crippen molar-refractivity contribution in [3.63, 3.8) is 0 Å². The molecule has 0 aliphatic heterocycles. The predicted molar refractivity (Wildman–Crippen MR) is 108 cm³/mol. The maximum atomic E-state index is 12.3. The van der Waals surface area contributed by atoms with Crippen molar-refractivity contribution >= 4 is 23.2 Å². The smallest absolute Gasteiger partial charge is 0.328 e. The van der Waals surface area contributed by atoms with Crippen LogP contribution in [0, 0.1) is 0 Å². The van der Waals surface area contributed by atoms with E-state index in [4.69, 9.17) is 13.7 Å². The molecule has 10 heteroatoms.